The molecule has 1 heterocycles. The fourth-order valence-electron chi connectivity index (χ4n) is 1.73. The highest BCUT2D eigenvalue weighted by Gasteiger charge is 2.16. The van der Waals surface area contributed by atoms with Gasteiger partial charge in [-0.25, -0.2) is 0 Å². The molecule has 0 aliphatic carbocycles. The van der Waals surface area contributed by atoms with Crippen LogP contribution in [0, 0.1) is 13.8 Å². The molecule has 0 fully saturated rings. The van der Waals surface area contributed by atoms with Gasteiger partial charge in [0.1, 0.15) is 5.75 Å². The second kappa shape index (κ2) is 4.18. The minimum Gasteiger partial charge on any atom is -0.496 e. The Morgan fingerprint density at radius 3 is 2.69 bits per heavy atom. The average molecular weight is 238 g/mol. The largest absolute Gasteiger partial charge is 0.496 e. The van der Waals surface area contributed by atoms with Crippen molar-refractivity contribution < 1.29 is 9.26 Å². The fourth-order valence-corrected chi connectivity index (χ4v) is 1.88. The van der Waals surface area contributed by atoms with Gasteiger partial charge in [-0.2, -0.15) is 0 Å². The van der Waals surface area contributed by atoms with Crippen molar-refractivity contribution in [2.75, 3.05) is 7.11 Å². The maximum Gasteiger partial charge on any atom is 0.170 e. The van der Waals surface area contributed by atoms with E-state index in [1.54, 1.807) is 19.4 Å². The Bertz CT molecular complexity index is 506. The number of methoxy groups -OCH3 is 1. The Labute approximate surface area is 99.0 Å². The van der Waals surface area contributed by atoms with Gasteiger partial charge in [-0.15, -0.1) is 0 Å². The zero-order valence-electron chi connectivity index (χ0n) is 9.37. The summed E-state index contributed by atoms with van der Waals surface area (Å²) in [4.78, 5) is 0. The van der Waals surface area contributed by atoms with Gasteiger partial charge >= 0.3 is 0 Å². The van der Waals surface area contributed by atoms with Gasteiger partial charge in [0.05, 0.1) is 18.9 Å². The van der Waals surface area contributed by atoms with Crippen LogP contribution in [0.5, 0.6) is 5.75 Å². The van der Waals surface area contributed by atoms with Crippen LogP contribution in [0.2, 0.25) is 5.02 Å². The molecular formula is C12H12ClNO2. The van der Waals surface area contributed by atoms with Crippen LogP contribution in [-0.2, 0) is 0 Å². The van der Waals surface area contributed by atoms with Gasteiger partial charge in [0.2, 0.25) is 0 Å². The Balaban J connectivity index is 2.72. The lowest BCUT2D eigenvalue weighted by atomic mass is 10.0. The van der Waals surface area contributed by atoms with Crippen LogP contribution in [-0.4, -0.2) is 12.3 Å². The van der Waals surface area contributed by atoms with Crippen molar-refractivity contribution in [3.05, 3.63) is 34.5 Å². The minimum absolute atomic E-state index is 0.663. The summed E-state index contributed by atoms with van der Waals surface area (Å²) in [6.45, 7) is 3.89. The normalized spacial score (nSPS) is 10.5. The molecule has 0 bridgehead atoms. The number of aromatic nitrogens is 1. The molecule has 2 aromatic rings. The molecule has 0 unspecified atom stereocenters. The lowest BCUT2D eigenvalue weighted by Gasteiger charge is -2.12. The molecule has 0 atom stereocenters. The highest BCUT2D eigenvalue weighted by molar-refractivity contribution is 6.32. The van der Waals surface area contributed by atoms with E-state index in [1.807, 2.05) is 19.9 Å². The predicted octanol–water partition coefficient (Wildman–Crippen LogP) is 3.62. The molecule has 0 saturated carbocycles. The van der Waals surface area contributed by atoms with Crippen molar-refractivity contribution in [3.63, 3.8) is 0 Å². The van der Waals surface area contributed by atoms with E-state index >= 15 is 0 Å². The molecule has 0 spiro atoms. The molecule has 0 amide bonds. The summed E-state index contributed by atoms with van der Waals surface area (Å²) in [6.07, 6.45) is 1.60. The van der Waals surface area contributed by atoms with Crippen molar-refractivity contribution in [1.82, 2.24) is 5.16 Å². The third-order valence-electron chi connectivity index (χ3n) is 2.55. The predicted molar refractivity (Wildman–Crippen MR) is 63.0 cm³/mol. The molecule has 0 radical (unpaired) electrons. The lowest BCUT2D eigenvalue weighted by Crippen LogP contribution is -1.93. The zero-order chi connectivity index (χ0) is 11.7. The summed E-state index contributed by atoms with van der Waals surface area (Å²) < 4.78 is 10.5. The van der Waals surface area contributed by atoms with Crippen molar-refractivity contribution >= 4 is 11.6 Å². The highest BCUT2D eigenvalue weighted by Crippen LogP contribution is 2.38. The molecule has 16 heavy (non-hydrogen) atoms. The summed E-state index contributed by atoms with van der Waals surface area (Å²) in [5.41, 5.74) is 2.78. The summed E-state index contributed by atoms with van der Waals surface area (Å²) in [6, 6.07) is 3.68. The van der Waals surface area contributed by atoms with E-state index in [4.69, 9.17) is 20.9 Å². The molecule has 0 aliphatic rings. The topological polar surface area (TPSA) is 35.3 Å². The summed E-state index contributed by atoms with van der Waals surface area (Å²) in [5, 5.41) is 4.42. The third kappa shape index (κ3) is 1.67. The molecule has 0 saturated heterocycles. The number of ether oxygens (including phenoxy) is 1. The number of halogens is 1. The van der Waals surface area contributed by atoms with Crippen LogP contribution in [0.15, 0.2) is 22.9 Å². The van der Waals surface area contributed by atoms with Crippen LogP contribution in [0.1, 0.15) is 11.1 Å². The van der Waals surface area contributed by atoms with E-state index in [9.17, 15) is 0 Å². The molecule has 4 heteroatoms. The maximum absolute atomic E-state index is 6.21. The van der Waals surface area contributed by atoms with E-state index in [-0.39, 0.29) is 0 Å². The number of rotatable bonds is 2. The van der Waals surface area contributed by atoms with Gasteiger partial charge in [0, 0.05) is 11.1 Å². The first-order chi connectivity index (χ1) is 7.65. The maximum atomic E-state index is 6.21. The minimum atomic E-state index is 0.663. The van der Waals surface area contributed by atoms with Crippen molar-refractivity contribution in [2.24, 2.45) is 0 Å². The van der Waals surface area contributed by atoms with Crippen LogP contribution in [0.3, 0.4) is 0 Å². The van der Waals surface area contributed by atoms with Crippen molar-refractivity contribution in [3.8, 4) is 17.1 Å². The monoisotopic (exact) mass is 237 g/mol. The van der Waals surface area contributed by atoms with E-state index in [0.717, 1.165) is 27.5 Å². The summed E-state index contributed by atoms with van der Waals surface area (Å²) >= 11 is 6.21. The van der Waals surface area contributed by atoms with Gasteiger partial charge in [0.15, 0.2) is 5.76 Å². The van der Waals surface area contributed by atoms with Gasteiger partial charge in [-0.05, 0) is 31.0 Å². The fraction of sp³-hybridized carbons (Fsp3) is 0.250. The first-order valence-corrected chi connectivity index (χ1v) is 5.27. The Hall–Kier alpha value is -1.48. The highest BCUT2D eigenvalue weighted by atomic mass is 35.5. The van der Waals surface area contributed by atoms with Crippen LogP contribution >= 0.6 is 11.6 Å². The molecule has 0 aliphatic heterocycles. The quantitative estimate of drug-likeness (QED) is 0.800. The Morgan fingerprint density at radius 1 is 1.38 bits per heavy atom. The number of aryl methyl sites for hydroxylation is 1. The lowest BCUT2D eigenvalue weighted by molar-refractivity contribution is 0.405. The Morgan fingerprint density at radius 2 is 2.12 bits per heavy atom. The SMILES string of the molecule is COc1cc(C)c(Cl)c(C)c1-c1ccno1. The number of nitrogens with zero attached hydrogens (tertiary/aromatic N) is 1. The standard InChI is InChI=1S/C12H12ClNO2/c1-7-6-10(15-3)11(8(2)12(7)13)9-4-5-14-16-9/h4-6H,1-3H3. The van der Waals surface area contributed by atoms with Crippen molar-refractivity contribution in [2.45, 2.75) is 13.8 Å². The summed E-state index contributed by atoms with van der Waals surface area (Å²) in [5.74, 6) is 1.41. The Kier molecular flexibility index (Phi) is 2.88. The molecule has 3 nitrogen and oxygen atoms in total. The first-order valence-electron chi connectivity index (χ1n) is 4.90. The van der Waals surface area contributed by atoms with Gasteiger partial charge < -0.3 is 9.26 Å². The number of hydrogen-bond acceptors (Lipinski definition) is 3. The molecule has 2 rings (SSSR count). The molecule has 1 aromatic heterocycles. The van der Waals surface area contributed by atoms with Gasteiger partial charge in [-0.3, -0.25) is 0 Å². The molecule has 1 aromatic carbocycles. The van der Waals surface area contributed by atoms with E-state index in [0.29, 0.717) is 5.76 Å². The number of hydrogen-bond donors (Lipinski definition) is 0. The second-order valence-corrected chi connectivity index (χ2v) is 3.96. The smallest absolute Gasteiger partial charge is 0.170 e. The van der Waals surface area contributed by atoms with E-state index in [1.165, 1.54) is 0 Å². The third-order valence-corrected chi connectivity index (χ3v) is 3.13. The van der Waals surface area contributed by atoms with Crippen LogP contribution < -0.4 is 4.74 Å². The van der Waals surface area contributed by atoms with Gasteiger partial charge in [-0.1, -0.05) is 16.8 Å². The molecule has 0 N–H and O–H groups in total. The molecular weight excluding hydrogens is 226 g/mol. The van der Waals surface area contributed by atoms with Gasteiger partial charge in [0.25, 0.3) is 0 Å². The van der Waals surface area contributed by atoms with Crippen LogP contribution in [0.25, 0.3) is 11.3 Å². The van der Waals surface area contributed by atoms with E-state index < -0.39 is 0 Å². The van der Waals surface area contributed by atoms with E-state index in [2.05, 4.69) is 5.16 Å². The summed E-state index contributed by atoms with van der Waals surface area (Å²) in [7, 11) is 1.63. The zero-order valence-corrected chi connectivity index (χ0v) is 10.1. The van der Waals surface area contributed by atoms with Crippen LogP contribution in [0.4, 0.5) is 0 Å². The van der Waals surface area contributed by atoms with Crippen molar-refractivity contribution in [1.29, 1.82) is 0 Å². The molecule has 84 valence electrons. The second-order valence-electron chi connectivity index (χ2n) is 3.59. The average Bonchev–Trinajstić information content (AvgIpc) is 2.78. The first kappa shape index (κ1) is 11.0. The number of benzene rings is 1.